The van der Waals surface area contributed by atoms with Gasteiger partial charge in [-0.05, 0) is 28.5 Å². The summed E-state index contributed by atoms with van der Waals surface area (Å²) in [6.45, 7) is 6.96. The van der Waals surface area contributed by atoms with Crippen LogP contribution in [0.3, 0.4) is 0 Å². The number of hydrogen-bond donors (Lipinski definition) is 2. The number of para-hydroxylation sites is 1. The van der Waals surface area contributed by atoms with E-state index in [4.69, 9.17) is 10.5 Å². The number of hydrogen-bond acceptors (Lipinski definition) is 7. The van der Waals surface area contributed by atoms with Gasteiger partial charge in [-0.3, -0.25) is 4.79 Å². The Kier molecular flexibility index (Phi) is 7.74. The molecule has 31 heavy (non-hydrogen) atoms. The molecule has 7 nitrogen and oxygen atoms in total. The summed E-state index contributed by atoms with van der Waals surface area (Å²) < 4.78 is 7.80. The third kappa shape index (κ3) is 6.32. The number of carbonyl (C=O) groups is 1. The summed E-state index contributed by atoms with van der Waals surface area (Å²) in [6.07, 6.45) is -0.497. The van der Waals surface area contributed by atoms with Crippen molar-refractivity contribution >= 4 is 29.0 Å². The van der Waals surface area contributed by atoms with E-state index in [1.54, 1.807) is 11.3 Å². The Bertz CT molecular complexity index is 997. The molecule has 1 atom stereocenters. The van der Waals surface area contributed by atoms with Crippen LogP contribution in [0.2, 0.25) is 0 Å². The van der Waals surface area contributed by atoms with Gasteiger partial charge in [-0.25, -0.2) is 0 Å². The molecule has 0 radical (unpaired) electrons. The molecule has 166 valence electrons. The number of aliphatic hydroxyl groups excluding tert-OH is 1. The number of rotatable bonds is 10. The van der Waals surface area contributed by atoms with E-state index in [0.29, 0.717) is 23.3 Å². The van der Waals surface area contributed by atoms with E-state index in [-0.39, 0.29) is 24.3 Å². The lowest BCUT2D eigenvalue weighted by Crippen LogP contribution is -2.22. The van der Waals surface area contributed by atoms with E-state index < -0.39 is 6.10 Å². The number of nitrogens with zero attached hydrogens (tertiary/aromatic N) is 3. The second-order valence-electron chi connectivity index (χ2n) is 8.17. The molecule has 1 aromatic carbocycles. The lowest BCUT2D eigenvalue weighted by Gasteiger charge is -2.23. The van der Waals surface area contributed by atoms with Gasteiger partial charge < -0.3 is 20.1 Å². The maximum Gasteiger partial charge on any atom is 0.219 e. The van der Waals surface area contributed by atoms with E-state index in [9.17, 15) is 9.90 Å². The molecule has 0 spiro atoms. The summed E-state index contributed by atoms with van der Waals surface area (Å²) in [7, 11) is 0. The largest absolute Gasteiger partial charge is 0.491 e. The first-order valence-electron chi connectivity index (χ1n) is 10.0. The van der Waals surface area contributed by atoms with Gasteiger partial charge in [0, 0.05) is 18.7 Å². The number of aromatic nitrogens is 3. The van der Waals surface area contributed by atoms with Crippen molar-refractivity contribution in [2.75, 3.05) is 12.4 Å². The van der Waals surface area contributed by atoms with Crippen LogP contribution in [0.15, 0.2) is 46.9 Å². The summed E-state index contributed by atoms with van der Waals surface area (Å²) >= 11 is 2.93. The molecule has 0 aliphatic heterocycles. The minimum atomic E-state index is -0.690. The Balaban J connectivity index is 1.64. The smallest absolute Gasteiger partial charge is 0.219 e. The molecule has 0 saturated carbocycles. The quantitative estimate of drug-likeness (QED) is 0.447. The number of nitrogens with two attached hydrogens (primary N) is 1. The fraction of sp³-hybridized carbons (Fsp3) is 0.409. The van der Waals surface area contributed by atoms with Crippen LogP contribution in [-0.2, 0) is 16.8 Å². The van der Waals surface area contributed by atoms with Crippen molar-refractivity contribution in [2.24, 2.45) is 5.73 Å². The standard InChI is InChI=1S/C22H28N4O3S2/c1-22(2,3)16-7-4-5-8-17(16)29-13-15(27)14-31-21-25-24-20(18-9-6-12-30-18)26(21)11-10-19(23)28/h4-9,12,15,27H,10-11,13-14H2,1-3H3,(H2,23,28)/t15-/m0/s1. The second kappa shape index (κ2) is 10.3. The molecule has 3 rings (SSSR count). The SMILES string of the molecule is CC(C)(C)c1ccccc1OC[C@H](O)CSc1nnc(-c2cccs2)n1CCC(N)=O. The molecule has 2 heterocycles. The van der Waals surface area contributed by atoms with Crippen molar-refractivity contribution in [3.05, 3.63) is 47.3 Å². The van der Waals surface area contributed by atoms with Crippen molar-refractivity contribution in [1.29, 1.82) is 0 Å². The zero-order valence-electron chi connectivity index (χ0n) is 17.9. The van der Waals surface area contributed by atoms with Gasteiger partial charge in [-0.1, -0.05) is 56.8 Å². The molecule has 1 amide bonds. The van der Waals surface area contributed by atoms with Crippen LogP contribution in [-0.4, -0.2) is 44.2 Å². The monoisotopic (exact) mass is 460 g/mol. The van der Waals surface area contributed by atoms with Gasteiger partial charge in [0.25, 0.3) is 0 Å². The summed E-state index contributed by atoms with van der Waals surface area (Å²) in [5.41, 5.74) is 6.38. The third-order valence-corrected chi connectivity index (χ3v) is 6.55. The van der Waals surface area contributed by atoms with Crippen LogP contribution in [0, 0.1) is 0 Å². The Hall–Kier alpha value is -2.36. The van der Waals surface area contributed by atoms with Crippen LogP contribution in [0.25, 0.3) is 10.7 Å². The molecule has 3 aromatic rings. The fourth-order valence-corrected chi connectivity index (χ4v) is 4.61. The van der Waals surface area contributed by atoms with Gasteiger partial charge in [0.2, 0.25) is 5.91 Å². The summed E-state index contributed by atoms with van der Waals surface area (Å²) in [6, 6.07) is 11.8. The number of carbonyl (C=O) groups excluding carboxylic acids is 1. The van der Waals surface area contributed by atoms with E-state index in [2.05, 4.69) is 31.0 Å². The first-order chi connectivity index (χ1) is 14.8. The first-order valence-corrected chi connectivity index (χ1v) is 11.9. The van der Waals surface area contributed by atoms with Gasteiger partial charge in [0.15, 0.2) is 11.0 Å². The van der Waals surface area contributed by atoms with Crippen LogP contribution >= 0.6 is 23.1 Å². The molecule has 0 aliphatic rings. The van der Waals surface area contributed by atoms with E-state index in [1.807, 2.05) is 46.3 Å². The molecule has 9 heteroatoms. The summed E-state index contributed by atoms with van der Waals surface area (Å²) in [5, 5.41) is 21.6. The van der Waals surface area contributed by atoms with Gasteiger partial charge in [0.05, 0.1) is 11.0 Å². The van der Waals surface area contributed by atoms with Crippen molar-refractivity contribution < 1.29 is 14.6 Å². The van der Waals surface area contributed by atoms with E-state index >= 15 is 0 Å². The molecule has 0 aliphatic carbocycles. The molecular weight excluding hydrogens is 432 g/mol. The Labute approximate surface area is 190 Å². The van der Waals surface area contributed by atoms with Gasteiger partial charge in [-0.15, -0.1) is 21.5 Å². The molecule has 3 N–H and O–H groups in total. The Morgan fingerprint density at radius 1 is 1.26 bits per heavy atom. The molecule has 0 bridgehead atoms. The number of ether oxygens (including phenoxy) is 1. The topological polar surface area (TPSA) is 103 Å². The Morgan fingerprint density at radius 3 is 2.71 bits per heavy atom. The van der Waals surface area contributed by atoms with Crippen LogP contribution in [0.1, 0.15) is 32.8 Å². The van der Waals surface area contributed by atoms with Crippen LogP contribution < -0.4 is 10.5 Å². The van der Waals surface area contributed by atoms with Crippen molar-refractivity contribution in [3.63, 3.8) is 0 Å². The zero-order chi connectivity index (χ0) is 22.4. The maximum absolute atomic E-state index is 11.3. The highest BCUT2D eigenvalue weighted by molar-refractivity contribution is 7.99. The molecule has 0 saturated heterocycles. The number of thiophene rings is 1. The fourth-order valence-electron chi connectivity index (χ4n) is 3.02. The predicted octanol–water partition coefficient (Wildman–Crippen LogP) is 3.71. The number of benzene rings is 1. The first kappa shape index (κ1) is 23.3. The molecule has 0 fully saturated rings. The van der Waals surface area contributed by atoms with Crippen molar-refractivity contribution in [3.8, 4) is 16.5 Å². The normalized spacial score (nSPS) is 12.6. The third-order valence-electron chi connectivity index (χ3n) is 4.57. The predicted molar refractivity (Wildman–Crippen MR) is 125 cm³/mol. The number of primary amides is 1. The molecule has 2 aromatic heterocycles. The average Bonchev–Trinajstić information content (AvgIpc) is 3.38. The van der Waals surface area contributed by atoms with Crippen molar-refractivity contribution in [1.82, 2.24) is 14.8 Å². The van der Waals surface area contributed by atoms with Crippen LogP contribution in [0.5, 0.6) is 5.75 Å². The lowest BCUT2D eigenvalue weighted by molar-refractivity contribution is -0.118. The number of aliphatic hydroxyl groups is 1. The summed E-state index contributed by atoms with van der Waals surface area (Å²) in [4.78, 5) is 12.3. The van der Waals surface area contributed by atoms with E-state index in [0.717, 1.165) is 16.2 Å². The lowest BCUT2D eigenvalue weighted by atomic mass is 9.86. The second-order valence-corrected chi connectivity index (χ2v) is 10.1. The van der Waals surface area contributed by atoms with E-state index in [1.165, 1.54) is 11.8 Å². The highest BCUT2D eigenvalue weighted by atomic mass is 32.2. The van der Waals surface area contributed by atoms with Crippen LogP contribution in [0.4, 0.5) is 0 Å². The number of amides is 1. The summed E-state index contributed by atoms with van der Waals surface area (Å²) in [5.74, 6) is 1.48. The van der Waals surface area contributed by atoms with Gasteiger partial charge >= 0.3 is 0 Å². The van der Waals surface area contributed by atoms with Gasteiger partial charge in [-0.2, -0.15) is 0 Å². The Morgan fingerprint density at radius 2 is 2.03 bits per heavy atom. The molecular formula is C22H28N4O3S2. The highest BCUT2D eigenvalue weighted by Crippen LogP contribution is 2.31. The van der Waals surface area contributed by atoms with Crippen molar-refractivity contribution in [2.45, 2.75) is 50.4 Å². The van der Waals surface area contributed by atoms with Gasteiger partial charge in [0.1, 0.15) is 12.4 Å². The maximum atomic E-state index is 11.3. The average molecular weight is 461 g/mol. The zero-order valence-corrected chi connectivity index (χ0v) is 19.6. The minimum absolute atomic E-state index is 0.0503. The highest BCUT2D eigenvalue weighted by Gasteiger charge is 2.20. The molecule has 0 unspecified atom stereocenters. The number of thioether (sulfide) groups is 1. The minimum Gasteiger partial charge on any atom is -0.491 e.